The molecule has 1 heterocycles. The Balaban J connectivity index is 1.78. The van der Waals surface area contributed by atoms with Crippen LogP contribution in [0.2, 0.25) is 0 Å². The Morgan fingerprint density at radius 2 is 2.00 bits per heavy atom. The van der Waals surface area contributed by atoms with Crippen molar-refractivity contribution in [1.29, 1.82) is 0 Å². The Kier molecular flexibility index (Phi) is 6.34. The van der Waals surface area contributed by atoms with Gasteiger partial charge in [0.1, 0.15) is 8.81 Å². The van der Waals surface area contributed by atoms with Crippen LogP contribution in [0.5, 0.6) is 11.5 Å². The Morgan fingerprint density at radius 3 is 2.55 bits per heavy atom. The third-order valence-electron chi connectivity index (χ3n) is 5.15. The average molecular weight is 472 g/mol. The van der Waals surface area contributed by atoms with Gasteiger partial charge in [-0.15, -0.1) is 0 Å². The fourth-order valence-electron chi connectivity index (χ4n) is 3.30. The SMILES string of the molecule is COc1cc(/C=C2\SC(=S)N(C)C2=O)ccc1OC(=O)C1C(C=C(Cl)Cl)C1(C)C. The molecule has 5 nitrogen and oxygen atoms in total. The summed E-state index contributed by atoms with van der Waals surface area (Å²) in [4.78, 5) is 26.8. The third-order valence-corrected chi connectivity index (χ3v) is 6.89. The van der Waals surface area contributed by atoms with Crippen molar-refractivity contribution >= 4 is 69.5 Å². The summed E-state index contributed by atoms with van der Waals surface area (Å²) in [7, 11) is 3.13. The molecule has 0 N–H and O–H groups in total. The number of nitrogens with zero attached hydrogens (tertiary/aromatic N) is 1. The van der Waals surface area contributed by atoms with Crippen molar-refractivity contribution in [3.63, 3.8) is 0 Å². The number of thiocarbonyl (C=S) groups is 1. The maximum Gasteiger partial charge on any atom is 0.315 e. The first kappa shape index (κ1) is 22.2. The fourth-order valence-corrected chi connectivity index (χ4v) is 4.75. The molecule has 0 radical (unpaired) electrons. The van der Waals surface area contributed by atoms with E-state index in [-0.39, 0.29) is 33.6 Å². The minimum absolute atomic E-state index is 0.0822. The van der Waals surface area contributed by atoms with Gasteiger partial charge in [-0.25, -0.2) is 0 Å². The summed E-state index contributed by atoms with van der Waals surface area (Å²) < 4.78 is 11.6. The first-order chi connectivity index (χ1) is 13.6. The highest BCUT2D eigenvalue weighted by Gasteiger charge is 2.61. The van der Waals surface area contributed by atoms with Gasteiger partial charge in [-0.3, -0.25) is 14.5 Å². The van der Waals surface area contributed by atoms with Gasteiger partial charge in [-0.05, 0) is 41.2 Å². The molecule has 2 unspecified atom stereocenters. The van der Waals surface area contributed by atoms with Gasteiger partial charge in [-0.2, -0.15) is 0 Å². The Hall–Kier alpha value is -1.54. The van der Waals surface area contributed by atoms with Gasteiger partial charge < -0.3 is 9.47 Å². The van der Waals surface area contributed by atoms with E-state index in [2.05, 4.69) is 0 Å². The van der Waals surface area contributed by atoms with Crippen LogP contribution in [0.15, 0.2) is 33.7 Å². The van der Waals surface area contributed by atoms with Crippen molar-refractivity contribution in [2.75, 3.05) is 14.2 Å². The van der Waals surface area contributed by atoms with Crippen LogP contribution in [0, 0.1) is 17.3 Å². The molecule has 0 spiro atoms. The number of likely N-dealkylation sites (N-methyl/N-ethyl adjacent to an activating group) is 1. The first-order valence-corrected chi connectivity index (χ1v) is 10.7. The summed E-state index contributed by atoms with van der Waals surface area (Å²) >= 11 is 17.9. The molecule has 0 aromatic heterocycles. The normalized spacial score (nSPS) is 23.9. The molecule has 1 aliphatic carbocycles. The molecular formula is C20H19Cl2NO4S2. The maximum absolute atomic E-state index is 12.7. The highest BCUT2D eigenvalue weighted by Crippen LogP contribution is 2.60. The van der Waals surface area contributed by atoms with Gasteiger partial charge in [0, 0.05) is 7.05 Å². The van der Waals surface area contributed by atoms with Crippen molar-refractivity contribution in [1.82, 2.24) is 4.90 Å². The highest BCUT2D eigenvalue weighted by molar-refractivity contribution is 8.26. The Labute approximate surface area is 189 Å². The van der Waals surface area contributed by atoms with E-state index in [1.165, 1.54) is 23.8 Å². The molecule has 0 bridgehead atoms. The van der Waals surface area contributed by atoms with Crippen molar-refractivity contribution in [2.45, 2.75) is 13.8 Å². The van der Waals surface area contributed by atoms with Crippen molar-refractivity contribution in [3.8, 4) is 11.5 Å². The molecule has 2 fully saturated rings. The van der Waals surface area contributed by atoms with Crippen LogP contribution in [0.25, 0.3) is 6.08 Å². The van der Waals surface area contributed by atoms with E-state index in [0.717, 1.165) is 5.56 Å². The molecule has 1 saturated heterocycles. The lowest BCUT2D eigenvalue weighted by Gasteiger charge is -2.11. The second-order valence-corrected chi connectivity index (χ2v) is 10.0. The van der Waals surface area contributed by atoms with Crippen molar-refractivity contribution in [3.05, 3.63) is 39.2 Å². The number of benzene rings is 1. The number of carbonyl (C=O) groups excluding carboxylic acids is 2. The number of amides is 1. The van der Waals surface area contributed by atoms with E-state index in [9.17, 15) is 9.59 Å². The van der Waals surface area contributed by atoms with Gasteiger partial charge in [0.25, 0.3) is 5.91 Å². The highest BCUT2D eigenvalue weighted by atomic mass is 35.5. The number of thioether (sulfide) groups is 1. The molecule has 154 valence electrons. The summed E-state index contributed by atoms with van der Waals surface area (Å²) in [6.45, 7) is 3.92. The molecule has 1 aromatic carbocycles. The van der Waals surface area contributed by atoms with Gasteiger partial charge in [0.2, 0.25) is 0 Å². The number of carbonyl (C=O) groups is 2. The predicted octanol–water partition coefficient (Wildman–Crippen LogP) is 5.02. The number of hydrogen-bond acceptors (Lipinski definition) is 6. The molecule has 9 heteroatoms. The van der Waals surface area contributed by atoms with Gasteiger partial charge >= 0.3 is 5.97 Å². The lowest BCUT2D eigenvalue weighted by atomic mass is 10.1. The molecule has 1 aliphatic heterocycles. The predicted molar refractivity (Wildman–Crippen MR) is 120 cm³/mol. The van der Waals surface area contributed by atoms with Crippen LogP contribution in [0.4, 0.5) is 0 Å². The first-order valence-electron chi connectivity index (χ1n) is 8.70. The van der Waals surface area contributed by atoms with Gasteiger partial charge in [0.05, 0.1) is 17.9 Å². The van der Waals surface area contributed by atoms with Crippen LogP contribution in [0.3, 0.4) is 0 Å². The van der Waals surface area contributed by atoms with Crippen LogP contribution < -0.4 is 9.47 Å². The number of methoxy groups -OCH3 is 1. The number of esters is 1. The fraction of sp³-hybridized carbons (Fsp3) is 0.350. The summed E-state index contributed by atoms with van der Waals surface area (Å²) in [5.41, 5.74) is 0.450. The molecule has 1 saturated carbocycles. The summed E-state index contributed by atoms with van der Waals surface area (Å²) in [6, 6.07) is 5.10. The maximum atomic E-state index is 12.7. The number of ether oxygens (including phenoxy) is 2. The third kappa shape index (κ3) is 4.48. The second kappa shape index (κ2) is 8.30. The lowest BCUT2D eigenvalue weighted by Crippen LogP contribution is -2.22. The van der Waals surface area contributed by atoms with E-state index in [1.54, 1.807) is 37.4 Å². The van der Waals surface area contributed by atoms with E-state index >= 15 is 0 Å². The van der Waals surface area contributed by atoms with Gasteiger partial charge in [-0.1, -0.05) is 67.1 Å². The summed E-state index contributed by atoms with van der Waals surface area (Å²) in [6.07, 6.45) is 3.39. The smallest absolute Gasteiger partial charge is 0.315 e. The number of halogens is 2. The van der Waals surface area contributed by atoms with E-state index in [1.807, 2.05) is 13.8 Å². The molecule has 1 amide bonds. The zero-order chi connectivity index (χ0) is 21.5. The molecule has 2 atom stereocenters. The second-order valence-electron chi connectivity index (χ2n) is 7.35. The zero-order valence-electron chi connectivity index (χ0n) is 16.2. The van der Waals surface area contributed by atoms with Crippen LogP contribution in [-0.2, 0) is 9.59 Å². The molecule has 3 rings (SSSR count). The zero-order valence-corrected chi connectivity index (χ0v) is 19.3. The largest absolute Gasteiger partial charge is 0.493 e. The van der Waals surface area contributed by atoms with Gasteiger partial charge in [0.15, 0.2) is 11.5 Å². The number of hydrogen-bond donors (Lipinski definition) is 0. The van der Waals surface area contributed by atoms with Crippen LogP contribution in [0.1, 0.15) is 19.4 Å². The molecule has 2 aliphatic rings. The van der Waals surface area contributed by atoms with Crippen LogP contribution >= 0.6 is 47.2 Å². The number of rotatable bonds is 5. The van der Waals surface area contributed by atoms with E-state index in [0.29, 0.717) is 20.7 Å². The Morgan fingerprint density at radius 1 is 1.31 bits per heavy atom. The topological polar surface area (TPSA) is 55.8 Å². The monoisotopic (exact) mass is 471 g/mol. The Bertz CT molecular complexity index is 954. The van der Waals surface area contributed by atoms with Crippen molar-refractivity contribution in [2.24, 2.45) is 17.3 Å². The van der Waals surface area contributed by atoms with E-state index < -0.39 is 0 Å². The molecular weight excluding hydrogens is 453 g/mol. The number of allylic oxidation sites excluding steroid dienone is 1. The average Bonchev–Trinajstić information content (AvgIpc) is 3.10. The standard InChI is InChI=1S/C20H19Cl2NO4S2/c1-20(2)11(9-15(21)22)16(20)18(25)27-12-6-5-10(7-13(12)26-4)8-14-17(24)23(3)19(28)29-14/h5-9,11,16H,1-4H3/b14-8-. The van der Waals surface area contributed by atoms with E-state index in [4.69, 9.17) is 44.9 Å². The summed E-state index contributed by atoms with van der Waals surface area (Å²) in [5, 5.41) is 0. The molecule has 29 heavy (non-hydrogen) atoms. The lowest BCUT2D eigenvalue weighted by molar-refractivity contribution is -0.136. The summed E-state index contributed by atoms with van der Waals surface area (Å²) in [5.74, 6) is -0.252. The quantitative estimate of drug-likeness (QED) is 0.260. The minimum Gasteiger partial charge on any atom is -0.493 e. The van der Waals surface area contributed by atoms with Crippen LogP contribution in [-0.4, -0.2) is 35.3 Å². The molecule has 1 aromatic rings. The van der Waals surface area contributed by atoms with Crippen molar-refractivity contribution < 1.29 is 19.1 Å². The minimum atomic E-state index is -0.372.